The summed E-state index contributed by atoms with van der Waals surface area (Å²) >= 11 is 0. The molecule has 0 bridgehead atoms. The Bertz CT molecular complexity index is 1330. The molecular weight excluding hydrogens is 490 g/mol. The van der Waals surface area contributed by atoms with Gasteiger partial charge in [0.05, 0.1) is 12.1 Å². The molecule has 1 aliphatic heterocycles. The number of para-hydroxylation sites is 1. The predicted octanol–water partition coefficient (Wildman–Crippen LogP) is 5.42. The first-order chi connectivity index (χ1) is 19.2. The fourth-order valence-electron chi connectivity index (χ4n) is 5.00. The zero-order valence-electron chi connectivity index (χ0n) is 22.7. The van der Waals surface area contributed by atoms with Crippen molar-refractivity contribution in [2.24, 2.45) is 0 Å². The average Bonchev–Trinajstić information content (AvgIpc) is 3.43. The smallest absolute Gasteiger partial charge is 0.280 e. The first kappa shape index (κ1) is 26.7. The molecule has 0 saturated carbocycles. The van der Waals surface area contributed by atoms with Crippen LogP contribution >= 0.6 is 0 Å². The van der Waals surface area contributed by atoms with Crippen LogP contribution < -0.4 is 14.5 Å². The predicted molar refractivity (Wildman–Crippen MR) is 155 cm³/mol. The molecule has 204 valence electrons. The first-order valence-electron chi connectivity index (χ1n) is 13.9. The van der Waals surface area contributed by atoms with Crippen LogP contribution in [0.15, 0.2) is 72.8 Å². The molecule has 0 spiro atoms. The molecular formula is C31H37N5O3. The van der Waals surface area contributed by atoms with Crippen molar-refractivity contribution in [1.82, 2.24) is 15.0 Å². The minimum Gasteiger partial charge on any atom is -0.494 e. The number of methoxy groups -OCH3 is 1. The summed E-state index contributed by atoms with van der Waals surface area (Å²) in [5.41, 5.74) is 4.37. The Morgan fingerprint density at radius 1 is 0.744 bits per heavy atom. The monoisotopic (exact) mass is 527 g/mol. The molecule has 1 saturated heterocycles. The van der Waals surface area contributed by atoms with Gasteiger partial charge in [-0.15, -0.1) is 5.10 Å². The van der Waals surface area contributed by atoms with E-state index in [4.69, 9.17) is 9.47 Å². The molecule has 4 aromatic rings. The highest BCUT2D eigenvalue weighted by Crippen LogP contribution is 2.24. The van der Waals surface area contributed by atoms with Crippen LogP contribution in [0.3, 0.4) is 0 Å². The lowest BCUT2D eigenvalue weighted by Gasteiger charge is -2.37. The Hall–Kier alpha value is -3.91. The molecule has 0 aliphatic carbocycles. The van der Waals surface area contributed by atoms with Gasteiger partial charge in [-0.05, 0) is 73.5 Å². The molecule has 0 unspecified atom stereocenters. The molecule has 8 heteroatoms. The maximum atomic E-state index is 13.0. The summed E-state index contributed by atoms with van der Waals surface area (Å²) in [6.07, 6.45) is 5.89. The number of nitrogens with zero attached hydrogens (tertiary/aromatic N) is 5. The fourth-order valence-corrected chi connectivity index (χ4v) is 5.00. The zero-order valence-corrected chi connectivity index (χ0v) is 22.7. The van der Waals surface area contributed by atoms with Crippen molar-refractivity contribution >= 4 is 28.3 Å². The number of piperazine rings is 1. The maximum Gasteiger partial charge on any atom is 0.280 e. The average molecular weight is 528 g/mol. The highest BCUT2D eigenvalue weighted by molar-refractivity contribution is 6.00. The van der Waals surface area contributed by atoms with Crippen LogP contribution in [0.1, 0.15) is 42.5 Å². The van der Waals surface area contributed by atoms with Crippen molar-refractivity contribution in [1.29, 1.82) is 0 Å². The normalized spacial score (nSPS) is 13.7. The highest BCUT2D eigenvalue weighted by Gasteiger charge is 2.19. The van der Waals surface area contributed by atoms with Gasteiger partial charge in [0.2, 0.25) is 0 Å². The van der Waals surface area contributed by atoms with Gasteiger partial charge in [0.15, 0.2) is 0 Å². The zero-order chi connectivity index (χ0) is 26.9. The lowest BCUT2D eigenvalue weighted by atomic mass is 10.1. The molecule has 2 heterocycles. The molecule has 5 rings (SSSR count). The Balaban J connectivity index is 1.07. The summed E-state index contributed by atoms with van der Waals surface area (Å²) in [4.78, 5) is 17.8. The molecule has 1 aromatic heterocycles. The second kappa shape index (κ2) is 13.2. The summed E-state index contributed by atoms with van der Waals surface area (Å²) in [6, 6.07) is 23.7. The molecule has 0 radical (unpaired) electrons. The van der Waals surface area contributed by atoms with Gasteiger partial charge in [0, 0.05) is 56.8 Å². The standard InChI is InChI=1S/C31H37N5O3/c1-38-23-7-3-2-4-8-24-39-28-17-15-27(16-18-28)35-21-19-34(20-22-35)26-13-11-25(12-14-26)31(37)36-30-10-6-5-9-29(30)32-33-36/h5-6,9-18H,2-4,7-8,19-24H2,1H3. The van der Waals surface area contributed by atoms with E-state index in [1.165, 1.54) is 29.6 Å². The number of unbranched alkanes of at least 4 members (excludes halogenated alkanes) is 4. The van der Waals surface area contributed by atoms with Crippen LogP contribution in [0.2, 0.25) is 0 Å². The number of ether oxygens (including phenoxy) is 2. The van der Waals surface area contributed by atoms with Gasteiger partial charge >= 0.3 is 0 Å². The van der Waals surface area contributed by atoms with Crippen molar-refractivity contribution in [3.63, 3.8) is 0 Å². The van der Waals surface area contributed by atoms with Gasteiger partial charge in [-0.2, -0.15) is 4.68 Å². The van der Waals surface area contributed by atoms with E-state index in [1.807, 2.05) is 48.5 Å². The van der Waals surface area contributed by atoms with Gasteiger partial charge in [-0.1, -0.05) is 36.6 Å². The van der Waals surface area contributed by atoms with Crippen LogP contribution in [-0.2, 0) is 4.74 Å². The number of carbonyl (C=O) groups excluding carboxylic acids is 1. The highest BCUT2D eigenvalue weighted by atomic mass is 16.5. The van der Waals surface area contributed by atoms with Crippen molar-refractivity contribution in [3.8, 4) is 5.75 Å². The van der Waals surface area contributed by atoms with E-state index in [-0.39, 0.29) is 5.91 Å². The maximum absolute atomic E-state index is 13.0. The molecule has 8 nitrogen and oxygen atoms in total. The van der Waals surface area contributed by atoms with Gasteiger partial charge in [-0.25, -0.2) is 0 Å². The Morgan fingerprint density at radius 3 is 2.00 bits per heavy atom. The summed E-state index contributed by atoms with van der Waals surface area (Å²) in [5.74, 6) is 0.760. The van der Waals surface area contributed by atoms with Crippen molar-refractivity contribution in [3.05, 3.63) is 78.4 Å². The number of aromatic nitrogens is 3. The quantitative estimate of drug-likeness (QED) is 0.228. The topological polar surface area (TPSA) is 72.7 Å². The lowest BCUT2D eigenvalue weighted by Crippen LogP contribution is -2.46. The lowest BCUT2D eigenvalue weighted by molar-refractivity contribution is 0.0948. The Labute approximate surface area is 230 Å². The van der Waals surface area contributed by atoms with Gasteiger partial charge in [0.1, 0.15) is 11.3 Å². The number of hydrogen-bond acceptors (Lipinski definition) is 7. The number of benzene rings is 3. The summed E-state index contributed by atoms with van der Waals surface area (Å²) in [6.45, 7) is 5.34. The van der Waals surface area contributed by atoms with Crippen LogP contribution in [0.25, 0.3) is 11.0 Å². The minimum atomic E-state index is -0.176. The SMILES string of the molecule is COCCCCCCCOc1ccc(N2CCN(c3ccc(C(=O)n4nnc5ccccc54)cc3)CC2)cc1. The van der Waals surface area contributed by atoms with Crippen LogP contribution in [0.4, 0.5) is 11.4 Å². The van der Waals surface area contributed by atoms with Crippen LogP contribution in [-0.4, -0.2) is 67.4 Å². The van der Waals surface area contributed by atoms with Crippen molar-refractivity contribution < 1.29 is 14.3 Å². The number of hydrogen-bond donors (Lipinski definition) is 0. The third-order valence-corrected chi connectivity index (χ3v) is 7.27. The summed E-state index contributed by atoms with van der Waals surface area (Å²) < 4.78 is 12.4. The van der Waals surface area contributed by atoms with Crippen molar-refractivity contribution in [2.75, 3.05) is 56.3 Å². The van der Waals surface area contributed by atoms with E-state index < -0.39 is 0 Å². The third kappa shape index (κ3) is 6.75. The van der Waals surface area contributed by atoms with Gasteiger partial charge in [-0.3, -0.25) is 4.79 Å². The molecule has 3 aromatic carbocycles. The Morgan fingerprint density at radius 2 is 1.33 bits per heavy atom. The number of rotatable bonds is 12. The summed E-state index contributed by atoms with van der Waals surface area (Å²) in [7, 11) is 1.76. The van der Waals surface area contributed by atoms with Gasteiger partial charge in [0.25, 0.3) is 5.91 Å². The minimum absolute atomic E-state index is 0.176. The van der Waals surface area contributed by atoms with E-state index in [0.717, 1.165) is 63.7 Å². The van der Waals surface area contributed by atoms with E-state index >= 15 is 0 Å². The molecule has 0 N–H and O–H groups in total. The van der Waals surface area contributed by atoms with E-state index in [1.54, 1.807) is 7.11 Å². The molecule has 1 fully saturated rings. The summed E-state index contributed by atoms with van der Waals surface area (Å²) in [5, 5.41) is 8.14. The van der Waals surface area contributed by atoms with Crippen LogP contribution in [0.5, 0.6) is 5.75 Å². The fraction of sp³-hybridized carbons (Fsp3) is 0.387. The second-order valence-corrected chi connectivity index (χ2v) is 9.92. The largest absolute Gasteiger partial charge is 0.494 e. The molecule has 39 heavy (non-hydrogen) atoms. The third-order valence-electron chi connectivity index (χ3n) is 7.27. The van der Waals surface area contributed by atoms with E-state index in [2.05, 4.69) is 44.4 Å². The number of carbonyl (C=O) groups is 1. The van der Waals surface area contributed by atoms with Crippen LogP contribution in [0, 0.1) is 0 Å². The van der Waals surface area contributed by atoms with Gasteiger partial charge < -0.3 is 19.3 Å². The van der Waals surface area contributed by atoms with Crippen molar-refractivity contribution in [2.45, 2.75) is 32.1 Å². The number of anilines is 2. The molecule has 0 amide bonds. The molecule has 0 atom stereocenters. The van der Waals surface area contributed by atoms with E-state index in [9.17, 15) is 4.79 Å². The second-order valence-electron chi connectivity index (χ2n) is 9.92. The van der Waals surface area contributed by atoms with E-state index in [0.29, 0.717) is 16.6 Å². The number of fused-ring (bicyclic) bond motifs is 1. The Kier molecular flexibility index (Phi) is 9.06. The first-order valence-corrected chi connectivity index (χ1v) is 13.9. The molecule has 1 aliphatic rings.